The standard InChI is InChI=1S/C22H19N5O4/c1-31-18-10-8-17(9-11-18)24-21(29)15-7-12-19-25-27(22(30)26(19)13-15)14-20(28)23-16-5-3-2-4-6-16/h2-13H,14H2,1H3,(H,23,28)(H,24,29). The molecule has 9 nitrogen and oxygen atoms in total. The van der Waals surface area contributed by atoms with Crippen molar-refractivity contribution in [1.82, 2.24) is 14.2 Å². The number of pyridine rings is 1. The number of carbonyl (C=O) groups is 2. The van der Waals surface area contributed by atoms with Gasteiger partial charge < -0.3 is 15.4 Å². The number of benzene rings is 2. The van der Waals surface area contributed by atoms with E-state index in [0.717, 1.165) is 4.68 Å². The molecule has 2 heterocycles. The summed E-state index contributed by atoms with van der Waals surface area (Å²) in [5.41, 5.74) is 1.31. The van der Waals surface area contributed by atoms with Crippen molar-refractivity contribution >= 4 is 28.8 Å². The van der Waals surface area contributed by atoms with Crippen molar-refractivity contribution in [1.29, 1.82) is 0 Å². The maximum Gasteiger partial charge on any atom is 0.350 e. The van der Waals surface area contributed by atoms with Gasteiger partial charge in [0.15, 0.2) is 5.65 Å². The van der Waals surface area contributed by atoms with E-state index in [1.54, 1.807) is 67.8 Å². The van der Waals surface area contributed by atoms with Crippen LogP contribution in [0.1, 0.15) is 10.4 Å². The van der Waals surface area contributed by atoms with Gasteiger partial charge in [0.25, 0.3) is 5.91 Å². The largest absolute Gasteiger partial charge is 0.497 e. The van der Waals surface area contributed by atoms with Gasteiger partial charge in [-0.1, -0.05) is 18.2 Å². The molecule has 0 unspecified atom stereocenters. The number of methoxy groups -OCH3 is 1. The fourth-order valence-corrected chi connectivity index (χ4v) is 2.99. The van der Waals surface area contributed by atoms with Gasteiger partial charge in [0.05, 0.1) is 12.7 Å². The Labute approximate surface area is 176 Å². The number of anilines is 2. The average molecular weight is 417 g/mol. The zero-order valence-corrected chi connectivity index (χ0v) is 16.6. The Morgan fingerprint density at radius 2 is 1.65 bits per heavy atom. The molecule has 31 heavy (non-hydrogen) atoms. The Bertz CT molecular complexity index is 1290. The van der Waals surface area contributed by atoms with Crippen LogP contribution in [0.5, 0.6) is 5.75 Å². The van der Waals surface area contributed by atoms with Crippen LogP contribution in [0.15, 0.2) is 77.7 Å². The Hall–Kier alpha value is -4.40. The Morgan fingerprint density at radius 1 is 0.935 bits per heavy atom. The van der Waals surface area contributed by atoms with Gasteiger partial charge in [-0.15, -0.1) is 5.10 Å². The smallest absolute Gasteiger partial charge is 0.350 e. The second kappa shape index (κ2) is 8.54. The van der Waals surface area contributed by atoms with Crippen LogP contribution < -0.4 is 21.1 Å². The van der Waals surface area contributed by atoms with E-state index in [0.29, 0.717) is 22.8 Å². The molecule has 0 spiro atoms. The van der Waals surface area contributed by atoms with Crippen LogP contribution in [0.3, 0.4) is 0 Å². The molecule has 0 atom stereocenters. The lowest BCUT2D eigenvalue weighted by atomic mass is 10.2. The number of carbonyl (C=O) groups excluding carboxylic acids is 2. The molecule has 4 aromatic rings. The van der Waals surface area contributed by atoms with E-state index >= 15 is 0 Å². The van der Waals surface area contributed by atoms with Crippen molar-refractivity contribution in [3.05, 3.63) is 89.0 Å². The lowest BCUT2D eigenvalue weighted by Gasteiger charge is -2.06. The zero-order valence-electron chi connectivity index (χ0n) is 16.6. The third-order valence-corrected chi connectivity index (χ3v) is 4.54. The number of fused-ring (bicyclic) bond motifs is 1. The number of nitrogens with zero attached hydrogens (tertiary/aromatic N) is 3. The van der Waals surface area contributed by atoms with Crippen LogP contribution in [0, 0.1) is 0 Å². The third kappa shape index (κ3) is 4.45. The van der Waals surface area contributed by atoms with Gasteiger partial charge in [-0.3, -0.25) is 9.59 Å². The minimum absolute atomic E-state index is 0.247. The van der Waals surface area contributed by atoms with E-state index in [1.165, 1.54) is 10.6 Å². The molecule has 156 valence electrons. The molecule has 9 heteroatoms. The van der Waals surface area contributed by atoms with Crippen LogP contribution in [0.4, 0.5) is 11.4 Å². The normalized spacial score (nSPS) is 10.6. The molecule has 4 rings (SSSR count). The van der Waals surface area contributed by atoms with Crippen LogP contribution in [0.2, 0.25) is 0 Å². The number of nitrogens with one attached hydrogen (secondary N) is 2. The lowest BCUT2D eigenvalue weighted by molar-refractivity contribution is -0.117. The van der Waals surface area contributed by atoms with Gasteiger partial charge in [0.1, 0.15) is 12.3 Å². The van der Waals surface area contributed by atoms with Crippen LogP contribution in [-0.2, 0) is 11.3 Å². The number of para-hydroxylation sites is 1. The van der Waals surface area contributed by atoms with Gasteiger partial charge in [-0.05, 0) is 48.5 Å². The van der Waals surface area contributed by atoms with E-state index in [2.05, 4.69) is 15.7 Å². The second-order valence-corrected chi connectivity index (χ2v) is 6.68. The third-order valence-electron chi connectivity index (χ3n) is 4.54. The highest BCUT2D eigenvalue weighted by molar-refractivity contribution is 6.04. The first-order valence-corrected chi connectivity index (χ1v) is 9.43. The molecule has 0 saturated heterocycles. The molecule has 0 aliphatic heterocycles. The number of hydrogen-bond donors (Lipinski definition) is 2. The highest BCUT2D eigenvalue weighted by atomic mass is 16.5. The predicted octanol–water partition coefficient (Wildman–Crippen LogP) is 2.40. The first-order valence-electron chi connectivity index (χ1n) is 9.43. The molecule has 0 saturated carbocycles. The summed E-state index contributed by atoms with van der Waals surface area (Å²) < 4.78 is 7.38. The minimum atomic E-state index is -0.516. The lowest BCUT2D eigenvalue weighted by Crippen LogP contribution is -2.28. The van der Waals surface area contributed by atoms with Crippen molar-refractivity contribution in [3.8, 4) is 5.75 Å². The number of rotatable bonds is 6. The highest BCUT2D eigenvalue weighted by Gasteiger charge is 2.14. The van der Waals surface area contributed by atoms with Crippen molar-refractivity contribution in [2.45, 2.75) is 6.54 Å². The Balaban J connectivity index is 1.51. The molecule has 0 aliphatic rings. The van der Waals surface area contributed by atoms with Crippen LogP contribution in [0.25, 0.3) is 5.65 Å². The number of aromatic nitrogens is 3. The number of hydrogen-bond acceptors (Lipinski definition) is 5. The number of ether oxygens (including phenoxy) is 1. The van der Waals surface area contributed by atoms with Gasteiger partial charge >= 0.3 is 5.69 Å². The highest BCUT2D eigenvalue weighted by Crippen LogP contribution is 2.16. The van der Waals surface area contributed by atoms with E-state index in [-0.39, 0.29) is 23.9 Å². The summed E-state index contributed by atoms with van der Waals surface area (Å²) in [4.78, 5) is 37.5. The summed E-state index contributed by atoms with van der Waals surface area (Å²) >= 11 is 0. The van der Waals surface area contributed by atoms with Crippen molar-refractivity contribution in [2.24, 2.45) is 0 Å². The summed E-state index contributed by atoms with van der Waals surface area (Å²) in [5, 5.41) is 9.62. The van der Waals surface area contributed by atoms with Gasteiger partial charge in [-0.25, -0.2) is 13.9 Å². The fourth-order valence-electron chi connectivity index (χ4n) is 2.99. The summed E-state index contributed by atoms with van der Waals surface area (Å²) in [6, 6.07) is 18.9. The topological polar surface area (TPSA) is 107 Å². The van der Waals surface area contributed by atoms with Crippen LogP contribution in [-0.4, -0.2) is 33.1 Å². The summed E-state index contributed by atoms with van der Waals surface area (Å²) in [6.45, 7) is -0.247. The van der Waals surface area contributed by atoms with E-state index in [1.807, 2.05) is 6.07 Å². The molecule has 2 N–H and O–H groups in total. The quantitative estimate of drug-likeness (QED) is 0.501. The zero-order chi connectivity index (χ0) is 21.8. The van der Waals surface area contributed by atoms with Crippen molar-refractivity contribution in [2.75, 3.05) is 17.7 Å². The molecule has 2 aromatic carbocycles. The summed E-state index contributed by atoms with van der Waals surface area (Å²) in [6.07, 6.45) is 1.40. The minimum Gasteiger partial charge on any atom is -0.497 e. The SMILES string of the molecule is COc1ccc(NC(=O)c2ccc3nn(CC(=O)Nc4ccccc4)c(=O)n3c2)cc1. The first kappa shape index (κ1) is 19.9. The van der Waals surface area contributed by atoms with Gasteiger partial charge in [0.2, 0.25) is 5.91 Å². The van der Waals surface area contributed by atoms with Crippen LogP contribution >= 0.6 is 0 Å². The molecule has 0 fully saturated rings. The molecule has 0 bridgehead atoms. The predicted molar refractivity (Wildman–Crippen MR) is 115 cm³/mol. The fraction of sp³-hybridized carbons (Fsp3) is 0.0909. The monoisotopic (exact) mass is 417 g/mol. The number of amides is 2. The Kier molecular flexibility index (Phi) is 5.48. The Morgan fingerprint density at radius 3 is 2.35 bits per heavy atom. The molecule has 0 radical (unpaired) electrons. The summed E-state index contributed by atoms with van der Waals surface area (Å²) in [7, 11) is 1.56. The molecular formula is C22H19N5O4. The molecular weight excluding hydrogens is 398 g/mol. The van der Waals surface area contributed by atoms with E-state index in [4.69, 9.17) is 4.74 Å². The second-order valence-electron chi connectivity index (χ2n) is 6.68. The molecule has 2 amide bonds. The molecule has 0 aliphatic carbocycles. The van der Waals surface area contributed by atoms with Crippen molar-refractivity contribution in [3.63, 3.8) is 0 Å². The van der Waals surface area contributed by atoms with E-state index in [9.17, 15) is 14.4 Å². The van der Waals surface area contributed by atoms with Crippen molar-refractivity contribution < 1.29 is 14.3 Å². The summed E-state index contributed by atoms with van der Waals surface area (Å²) in [5.74, 6) is -0.0857. The average Bonchev–Trinajstić information content (AvgIpc) is 3.09. The maximum absolute atomic E-state index is 12.7. The maximum atomic E-state index is 12.7. The van der Waals surface area contributed by atoms with Gasteiger partial charge in [-0.2, -0.15) is 0 Å². The van der Waals surface area contributed by atoms with E-state index < -0.39 is 5.69 Å². The van der Waals surface area contributed by atoms with Gasteiger partial charge in [0, 0.05) is 17.6 Å². The first-order chi connectivity index (χ1) is 15.0. The molecule has 2 aromatic heterocycles.